The predicted octanol–water partition coefficient (Wildman–Crippen LogP) is 1.72. The van der Waals surface area contributed by atoms with Crippen LogP contribution in [-0.4, -0.2) is 31.2 Å². The Hall–Kier alpha value is -1.55. The normalized spacial score (nSPS) is 30.3. The average Bonchev–Trinajstić information content (AvgIpc) is 2.81. The van der Waals surface area contributed by atoms with E-state index in [2.05, 4.69) is 4.99 Å². The summed E-state index contributed by atoms with van der Waals surface area (Å²) in [4.78, 5) is 4.67. The van der Waals surface area contributed by atoms with Gasteiger partial charge >= 0.3 is 0 Å². The van der Waals surface area contributed by atoms with E-state index in [0.717, 1.165) is 30.6 Å². The van der Waals surface area contributed by atoms with Crippen LogP contribution in [0.25, 0.3) is 0 Å². The summed E-state index contributed by atoms with van der Waals surface area (Å²) in [5.41, 5.74) is 6.91. The fourth-order valence-electron chi connectivity index (χ4n) is 2.70. The molecule has 2 N–H and O–H groups in total. The maximum Gasteiger partial charge on any atom is 0.220 e. The second-order valence-electron chi connectivity index (χ2n) is 4.93. The zero-order chi connectivity index (χ0) is 12.5. The van der Waals surface area contributed by atoms with Crippen LogP contribution in [0.4, 0.5) is 0 Å². The maximum absolute atomic E-state index is 5.98. The molecule has 4 heteroatoms. The Morgan fingerprint density at radius 2 is 2.17 bits per heavy atom. The highest BCUT2D eigenvalue weighted by molar-refractivity contribution is 5.98. The van der Waals surface area contributed by atoms with Crippen LogP contribution in [0.5, 0.6) is 5.75 Å². The summed E-state index contributed by atoms with van der Waals surface area (Å²) in [6, 6.07) is 8.30. The first-order valence-corrected chi connectivity index (χ1v) is 6.41. The molecule has 0 saturated heterocycles. The molecule has 3 rings (SSSR count). The van der Waals surface area contributed by atoms with Gasteiger partial charge in [0.25, 0.3) is 0 Å². The monoisotopic (exact) mass is 246 g/mol. The minimum atomic E-state index is 0.199. The van der Waals surface area contributed by atoms with Crippen LogP contribution >= 0.6 is 0 Å². The highest BCUT2D eigenvalue weighted by Gasteiger charge is 2.36. The summed E-state index contributed by atoms with van der Waals surface area (Å²) in [5.74, 6) is 1.51. The van der Waals surface area contributed by atoms with Crippen molar-refractivity contribution in [2.75, 3.05) is 7.11 Å². The molecule has 1 aromatic carbocycles. The van der Waals surface area contributed by atoms with Crippen LogP contribution in [0.3, 0.4) is 0 Å². The minimum Gasteiger partial charge on any atom is -0.496 e. The van der Waals surface area contributed by atoms with E-state index in [1.54, 1.807) is 7.11 Å². The van der Waals surface area contributed by atoms with Gasteiger partial charge in [0.15, 0.2) is 0 Å². The molecule has 1 aliphatic heterocycles. The van der Waals surface area contributed by atoms with Crippen molar-refractivity contribution < 1.29 is 9.47 Å². The van der Waals surface area contributed by atoms with Crippen molar-refractivity contribution in [1.29, 1.82) is 0 Å². The number of nitrogens with two attached hydrogens (primary N) is 1. The lowest BCUT2D eigenvalue weighted by atomic mass is 9.90. The molecule has 1 heterocycles. The molecule has 1 aromatic rings. The fourth-order valence-corrected chi connectivity index (χ4v) is 2.70. The Kier molecular flexibility index (Phi) is 2.96. The number of hydrogen-bond acceptors (Lipinski definition) is 4. The first-order valence-electron chi connectivity index (χ1n) is 6.41. The molecule has 3 atom stereocenters. The summed E-state index contributed by atoms with van der Waals surface area (Å²) in [7, 11) is 1.66. The summed E-state index contributed by atoms with van der Waals surface area (Å²) >= 11 is 0. The van der Waals surface area contributed by atoms with Crippen LogP contribution in [0.15, 0.2) is 29.3 Å². The van der Waals surface area contributed by atoms with Crippen LogP contribution in [-0.2, 0) is 4.74 Å². The lowest BCUT2D eigenvalue weighted by Crippen LogP contribution is -2.37. The first-order chi connectivity index (χ1) is 8.78. The van der Waals surface area contributed by atoms with Gasteiger partial charge in [-0.25, -0.2) is 4.99 Å². The Morgan fingerprint density at radius 1 is 1.33 bits per heavy atom. The number of fused-ring (bicyclic) bond motifs is 1. The van der Waals surface area contributed by atoms with E-state index in [0.29, 0.717) is 5.90 Å². The molecular weight excluding hydrogens is 228 g/mol. The van der Waals surface area contributed by atoms with Crippen LogP contribution in [0.2, 0.25) is 0 Å². The fraction of sp³-hybridized carbons (Fsp3) is 0.500. The van der Waals surface area contributed by atoms with Crippen LogP contribution in [0, 0.1) is 0 Å². The molecule has 1 saturated carbocycles. The van der Waals surface area contributed by atoms with E-state index < -0.39 is 0 Å². The minimum absolute atomic E-state index is 0.199. The Morgan fingerprint density at radius 3 is 3.00 bits per heavy atom. The lowest BCUT2D eigenvalue weighted by Gasteiger charge is -2.26. The van der Waals surface area contributed by atoms with Crippen molar-refractivity contribution in [3.8, 4) is 5.75 Å². The van der Waals surface area contributed by atoms with Gasteiger partial charge in [0.2, 0.25) is 5.90 Å². The highest BCUT2D eigenvalue weighted by atomic mass is 16.5. The molecule has 2 aliphatic rings. The highest BCUT2D eigenvalue weighted by Crippen LogP contribution is 2.31. The second kappa shape index (κ2) is 4.61. The molecule has 0 aromatic heterocycles. The molecule has 0 spiro atoms. The van der Waals surface area contributed by atoms with Crippen LogP contribution < -0.4 is 10.5 Å². The van der Waals surface area contributed by atoms with E-state index in [4.69, 9.17) is 15.2 Å². The smallest absolute Gasteiger partial charge is 0.220 e. The zero-order valence-electron chi connectivity index (χ0n) is 10.5. The van der Waals surface area contributed by atoms with E-state index in [1.807, 2.05) is 24.3 Å². The van der Waals surface area contributed by atoms with Gasteiger partial charge in [-0.3, -0.25) is 0 Å². The van der Waals surface area contributed by atoms with Crippen molar-refractivity contribution >= 4 is 5.90 Å². The molecule has 3 unspecified atom stereocenters. The third-order valence-electron chi connectivity index (χ3n) is 3.68. The van der Waals surface area contributed by atoms with Crippen LogP contribution in [0.1, 0.15) is 24.8 Å². The van der Waals surface area contributed by atoms with Gasteiger partial charge in [0.1, 0.15) is 11.9 Å². The number of hydrogen-bond donors (Lipinski definition) is 1. The number of para-hydroxylation sites is 1. The molecule has 1 aliphatic carbocycles. The van der Waals surface area contributed by atoms with E-state index in [1.165, 1.54) is 0 Å². The summed E-state index contributed by atoms with van der Waals surface area (Å²) < 4.78 is 11.3. The number of ether oxygens (including phenoxy) is 2. The van der Waals surface area contributed by atoms with Crippen molar-refractivity contribution in [2.45, 2.75) is 37.5 Å². The Bertz CT molecular complexity index is 473. The van der Waals surface area contributed by atoms with Gasteiger partial charge in [-0.2, -0.15) is 0 Å². The standard InChI is InChI=1S/C14H18N2O2/c1-17-12-5-3-2-4-10(12)14-16-11-8-9(15)6-7-13(11)18-14/h2-5,9,11,13H,6-8,15H2,1H3. The Balaban J connectivity index is 1.87. The van der Waals surface area contributed by atoms with E-state index >= 15 is 0 Å². The number of methoxy groups -OCH3 is 1. The largest absolute Gasteiger partial charge is 0.496 e. The van der Waals surface area contributed by atoms with Gasteiger partial charge in [0, 0.05) is 6.04 Å². The van der Waals surface area contributed by atoms with Gasteiger partial charge in [0.05, 0.1) is 18.7 Å². The molecule has 0 amide bonds. The summed E-state index contributed by atoms with van der Waals surface area (Å²) in [6.07, 6.45) is 3.14. The van der Waals surface area contributed by atoms with Gasteiger partial charge in [-0.1, -0.05) is 12.1 Å². The quantitative estimate of drug-likeness (QED) is 0.864. The maximum atomic E-state index is 5.98. The van der Waals surface area contributed by atoms with Gasteiger partial charge in [-0.15, -0.1) is 0 Å². The zero-order valence-corrected chi connectivity index (χ0v) is 10.5. The molecule has 1 fully saturated rings. The second-order valence-corrected chi connectivity index (χ2v) is 4.93. The van der Waals surface area contributed by atoms with E-state index in [9.17, 15) is 0 Å². The SMILES string of the molecule is COc1ccccc1C1=NC2CC(N)CCC2O1. The van der Waals surface area contributed by atoms with E-state index in [-0.39, 0.29) is 18.2 Å². The number of aliphatic imine (C=N–C) groups is 1. The third kappa shape index (κ3) is 1.97. The molecule has 0 bridgehead atoms. The number of nitrogens with zero attached hydrogens (tertiary/aromatic N) is 1. The van der Waals surface area contributed by atoms with Gasteiger partial charge < -0.3 is 15.2 Å². The third-order valence-corrected chi connectivity index (χ3v) is 3.68. The summed E-state index contributed by atoms with van der Waals surface area (Å²) in [5, 5.41) is 0. The van der Waals surface area contributed by atoms with Crippen molar-refractivity contribution in [1.82, 2.24) is 0 Å². The first kappa shape index (κ1) is 11.5. The topological polar surface area (TPSA) is 56.8 Å². The summed E-state index contributed by atoms with van der Waals surface area (Å²) in [6.45, 7) is 0. The Labute approximate surface area is 107 Å². The van der Waals surface area contributed by atoms with Crippen molar-refractivity contribution in [2.24, 2.45) is 10.7 Å². The molecule has 96 valence electrons. The molecule has 4 nitrogen and oxygen atoms in total. The lowest BCUT2D eigenvalue weighted by molar-refractivity contribution is 0.144. The molecular formula is C14H18N2O2. The number of rotatable bonds is 2. The molecule has 0 radical (unpaired) electrons. The molecule has 18 heavy (non-hydrogen) atoms. The predicted molar refractivity (Wildman–Crippen MR) is 70.0 cm³/mol. The number of benzene rings is 1. The van der Waals surface area contributed by atoms with Gasteiger partial charge in [-0.05, 0) is 31.4 Å². The van der Waals surface area contributed by atoms with Crippen molar-refractivity contribution in [3.63, 3.8) is 0 Å². The van der Waals surface area contributed by atoms with Crippen molar-refractivity contribution in [3.05, 3.63) is 29.8 Å². The average molecular weight is 246 g/mol.